The Labute approximate surface area is 150 Å². The third-order valence-corrected chi connectivity index (χ3v) is 4.94. The molecule has 4 aromatic rings. The van der Waals surface area contributed by atoms with Crippen molar-refractivity contribution in [3.05, 3.63) is 95.1 Å². The molecule has 0 unspecified atom stereocenters. The number of hydrogen-bond acceptors (Lipinski definition) is 3. The van der Waals surface area contributed by atoms with Gasteiger partial charge in [0.25, 0.3) is 0 Å². The molecule has 0 aliphatic heterocycles. The van der Waals surface area contributed by atoms with Gasteiger partial charge in [-0.15, -0.1) is 11.3 Å². The number of rotatable bonds is 5. The van der Waals surface area contributed by atoms with Crippen molar-refractivity contribution in [2.75, 3.05) is 0 Å². The molecule has 0 N–H and O–H groups in total. The monoisotopic (exact) mass is 344 g/mol. The predicted molar refractivity (Wildman–Crippen MR) is 102 cm³/mol. The molecule has 0 saturated carbocycles. The minimum atomic E-state index is 0.610. The summed E-state index contributed by atoms with van der Waals surface area (Å²) >= 11 is 1.53. The van der Waals surface area contributed by atoms with Crippen LogP contribution in [0.1, 0.15) is 21.6 Å². The van der Waals surface area contributed by atoms with Gasteiger partial charge in [-0.1, -0.05) is 54.6 Å². The first-order chi connectivity index (χ1) is 12.3. The zero-order valence-electron chi connectivity index (χ0n) is 13.5. The minimum Gasteiger partial charge on any atom is -0.296 e. The maximum Gasteiger partial charge on any atom is 0.194 e. The highest BCUT2D eigenvalue weighted by molar-refractivity contribution is 7.12. The summed E-state index contributed by atoms with van der Waals surface area (Å²) < 4.78 is 1.81. The zero-order chi connectivity index (χ0) is 17.1. The van der Waals surface area contributed by atoms with E-state index in [1.807, 2.05) is 28.3 Å². The van der Waals surface area contributed by atoms with E-state index >= 15 is 0 Å². The molecule has 0 saturated heterocycles. The molecule has 0 radical (unpaired) electrons. The fraction of sp³-hybridized carbons (Fsp3) is 0.0476. The quantitative estimate of drug-likeness (QED) is 0.477. The van der Waals surface area contributed by atoms with Crippen LogP contribution in [-0.4, -0.2) is 15.8 Å². The second-order valence-corrected chi connectivity index (χ2v) is 6.63. The standard InChI is InChI=1S/C21H16N2OS/c24-14-19-7-4-12-23(19)21-22-20(15-25-21)18-10-8-17(9-11-18)13-16-5-2-1-3-6-16/h1-12,14-15H,13H2. The van der Waals surface area contributed by atoms with E-state index in [-0.39, 0.29) is 0 Å². The van der Waals surface area contributed by atoms with E-state index in [2.05, 4.69) is 53.5 Å². The van der Waals surface area contributed by atoms with Gasteiger partial charge >= 0.3 is 0 Å². The van der Waals surface area contributed by atoms with Crippen molar-refractivity contribution in [1.82, 2.24) is 9.55 Å². The van der Waals surface area contributed by atoms with E-state index in [1.165, 1.54) is 22.5 Å². The first-order valence-electron chi connectivity index (χ1n) is 8.05. The van der Waals surface area contributed by atoms with Crippen molar-refractivity contribution in [3.63, 3.8) is 0 Å². The number of thiazole rings is 1. The van der Waals surface area contributed by atoms with Crippen LogP contribution < -0.4 is 0 Å². The summed E-state index contributed by atoms with van der Waals surface area (Å²) in [7, 11) is 0. The van der Waals surface area contributed by atoms with Crippen LogP contribution in [0.4, 0.5) is 0 Å². The lowest BCUT2D eigenvalue weighted by Crippen LogP contribution is -1.96. The largest absolute Gasteiger partial charge is 0.296 e. The lowest BCUT2D eigenvalue weighted by Gasteiger charge is -2.03. The molecule has 25 heavy (non-hydrogen) atoms. The van der Waals surface area contributed by atoms with Crippen LogP contribution in [0.15, 0.2) is 78.3 Å². The van der Waals surface area contributed by atoms with Gasteiger partial charge in [-0.3, -0.25) is 9.36 Å². The van der Waals surface area contributed by atoms with Crippen LogP contribution in [0.3, 0.4) is 0 Å². The van der Waals surface area contributed by atoms with Crippen LogP contribution in [0.5, 0.6) is 0 Å². The van der Waals surface area contributed by atoms with Crippen molar-refractivity contribution in [2.24, 2.45) is 0 Å². The molecule has 2 aromatic carbocycles. The minimum absolute atomic E-state index is 0.610. The SMILES string of the molecule is O=Cc1cccn1-c1nc(-c2ccc(Cc3ccccc3)cc2)cs1. The normalized spacial score (nSPS) is 10.7. The first-order valence-corrected chi connectivity index (χ1v) is 8.93. The number of benzene rings is 2. The third-order valence-electron chi connectivity index (χ3n) is 4.10. The zero-order valence-corrected chi connectivity index (χ0v) is 14.3. The number of aldehydes is 1. The maximum atomic E-state index is 11.1. The van der Waals surface area contributed by atoms with Gasteiger partial charge in [-0.25, -0.2) is 4.98 Å². The Hall–Kier alpha value is -2.98. The van der Waals surface area contributed by atoms with Crippen molar-refractivity contribution in [2.45, 2.75) is 6.42 Å². The summed E-state index contributed by atoms with van der Waals surface area (Å²) in [5.74, 6) is 0. The van der Waals surface area contributed by atoms with E-state index in [1.54, 1.807) is 6.07 Å². The number of hydrogen-bond donors (Lipinski definition) is 0. The van der Waals surface area contributed by atoms with Crippen LogP contribution in [-0.2, 0) is 6.42 Å². The van der Waals surface area contributed by atoms with E-state index in [0.29, 0.717) is 5.69 Å². The smallest absolute Gasteiger partial charge is 0.194 e. The molecular weight excluding hydrogens is 328 g/mol. The number of nitrogens with zero attached hydrogens (tertiary/aromatic N) is 2. The van der Waals surface area contributed by atoms with Crippen molar-refractivity contribution in [3.8, 4) is 16.4 Å². The highest BCUT2D eigenvalue weighted by Crippen LogP contribution is 2.25. The molecule has 0 spiro atoms. The maximum absolute atomic E-state index is 11.1. The Balaban J connectivity index is 1.56. The van der Waals surface area contributed by atoms with Crippen LogP contribution >= 0.6 is 11.3 Å². The van der Waals surface area contributed by atoms with E-state index in [4.69, 9.17) is 0 Å². The molecule has 0 amide bonds. The average Bonchev–Trinajstić information content (AvgIpc) is 3.32. The third kappa shape index (κ3) is 3.30. The Morgan fingerprint density at radius 3 is 2.44 bits per heavy atom. The highest BCUT2D eigenvalue weighted by atomic mass is 32.1. The Bertz CT molecular complexity index is 984. The van der Waals surface area contributed by atoms with Gasteiger partial charge in [0.15, 0.2) is 11.4 Å². The first kappa shape index (κ1) is 15.5. The summed E-state index contributed by atoms with van der Waals surface area (Å²) in [5.41, 5.74) is 5.20. The van der Waals surface area contributed by atoms with Gasteiger partial charge < -0.3 is 0 Å². The molecule has 122 valence electrons. The van der Waals surface area contributed by atoms with Crippen molar-refractivity contribution < 1.29 is 4.79 Å². The topological polar surface area (TPSA) is 34.9 Å². The number of aromatic nitrogens is 2. The lowest BCUT2D eigenvalue weighted by atomic mass is 10.0. The Morgan fingerprint density at radius 1 is 0.920 bits per heavy atom. The fourth-order valence-corrected chi connectivity index (χ4v) is 3.63. The molecule has 0 aliphatic rings. The van der Waals surface area contributed by atoms with Crippen LogP contribution in [0, 0.1) is 0 Å². The molecule has 0 fully saturated rings. The summed E-state index contributed by atoms with van der Waals surface area (Å²) in [6.45, 7) is 0. The van der Waals surface area contributed by atoms with Crippen molar-refractivity contribution >= 4 is 17.6 Å². The molecule has 2 heterocycles. The summed E-state index contributed by atoms with van der Waals surface area (Å²) in [6, 6.07) is 22.6. The second kappa shape index (κ2) is 6.87. The molecule has 0 bridgehead atoms. The Kier molecular flexibility index (Phi) is 4.27. The van der Waals surface area contributed by atoms with E-state index in [0.717, 1.165) is 29.1 Å². The molecular formula is C21H16N2OS. The summed E-state index contributed by atoms with van der Waals surface area (Å²) in [6.07, 6.45) is 3.63. The predicted octanol–water partition coefficient (Wildman–Crippen LogP) is 5.00. The van der Waals surface area contributed by atoms with Crippen LogP contribution in [0.2, 0.25) is 0 Å². The molecule has 0 aliphatic carbocycles. The molecule has 4 heteroatoms. The van der Waals surface area contributed by atoms with E-state index in [9.17, 15) is 4.79 Å². The fourth-order valence-electron chi connectivity index (χ4n) is 2.80. The van der Waals surface area contributed by atoms with E-state index < -0.39 is 0 Å². The number of carbonyl (C=O) groups excluding carboxylic acids is 1. The van der Waals surface area contributed by atoms with Gasteiger partial charge in [-0.2, -0.15) is 0 Å². The van der Waals surface area contributed by atoms with Gasteiger partial charge in [0.1, 0.15) is 0 Å². The molecule has 3 nitrogen and oxygen atoms in total. The van der Waals surface area contributed by atoms with Gasteiger partial charge in [0.05, 0.1) is 11.4 Å². The molecule has 2 aromatic heterocycles. The van der Waals surface area contributed by atoms with Crippen LogP contribution in [0.25, 0.3) is 16.4 Å². The summed E-state index contributed by atoms with van der Waals surface area (Å²) in [5, 5.41) is 2.83. The second-order valence-electron chi connectivity index (χ2n) is 5.80. The van der Waals surface area contributed by atoms with Crippen molar-refractivity contribution in [1.29, 1.82) is 0 Å². The van der Waals surface area contributed by atoms with Gasteiger partial charge in [0.2, 0.25) is 0 Å². The summed E-state index contributed by atoms with van der Waals surface area (Å²) in [4.78, 5) is 15.7. The van der Waals surface area contributed by atoms with Gasteiger partial charge in [-0.05, 0) is 29.7 Å². The van der Waals surface area contributed by atoms with Gasteiger partial charge in [0, 0.05) is 17.1 Å². The highest BCUT2D eigenvalue weighted by Gasteiger charge is 2.09. The lowest BCUT2D eigenvalue weighted by molar-refractivity contribution is 0.111. The molecule has 4 rings (SSSR count). The average molecular weight is 344 g/mol. The number of carbonyl (C=O) groups is 1. The molecule has 0 atom stereocenters. The Morgan fingerprint density at radius 2 is 1.68 bits per heavy atom.